The number of aromatic nitrogens is 3. The van der Waals surface area contributed by atoms with Gasteiger partial charge >= 0.3 is 0 Å². The van der Waals surface area contributed by atoms with Gasteiger partial charge in [-0.05, 0) is 37.8 Å². The van der Waals surface area contributed by atoms with Gasteiger partial charge in [-0.3, -0.25) is 0 Å². The Morgan fingerprint density at radius 1 is 1.16 bits per heavy atom. The summed E-state index contributed by atoms with van der Waals surface area (Å²) in [7, 11) is 0. The number of hydrogen-bond acceptors (Lipinski definition) is 6. The smallest absolute Gasteiger partial charge is 0.201 e. The van der Waals surface area contributed by atoms with Crippen LogP contribution >= 0.6 is 0 Å². The lowest BCUT2D eigenvalue weighted by Gasteiger charge is -2.30. The van der Waals surface area contributed by atoms with Crippen molar-refractivity contribution in [3.05, 3.63) is 65.8 Å². The van der Waals surface area contributed by atoms with E-state index in [1.54, 1.807) is 6.26 Å². The lowest BCUT2D eigenvalue weighted by atomic mass is 10.0. The Balaban J connectivity index is 1.51. The fourth-order valence-electron chi connectivity index (χ4n) is 4.38. The summed E-state index contributed by atoms with van der Waals surface area (Å²) in [5.41, 5.74) is 5.57. The molecule has 0 saturated carbocycles. The molecule has 31 heavy (non-hydrogen) atoms. The van der Waals surface area contributed by atoms with Gasteiger partial charge in [-0.15, -0.1) is 0 Å². The number of aryl methyl sites for hydroxylation is 2. The van der Waals surface area contributed by atoms with Crippen molar-refractivity contribution in [1.82, 2.24) is 19.7 Å². The van der Waals surface area contributed by atoms with Crippen LogP contribution in [0.4, 0.5) is 5.69 Å². The highest BCUT2D eigenvalue weighted by Crippen LogP contribution is 2.38. The Morgan fingerprint density at radius 3 is 2.81 bits per heavy atom. The van der Waals surface area contributed by atoms with Crippen molar-refractivity contribution in [1.29, 1.82) is 0 Å². The normalized spacial score (nSPS) is 19.2. The van der Waals surface area contributed by atoms with E-state index in [-0.39, 0.29) is 6.23 Å². The van der Waals surface area contributed by atoms with E-state index in [2.05, 4.69) is 53.4 Å². The standard InChI is InChI=1S/C24H29N5O2/c1-3-29-23-20(15-26-29)22(27-19-8-11-30-12-9-19)21(14-25-23)24-28(10-13-31-24)16-18-7-5-4-6-17(18)2/h4-7,10,13-15,19,24H,3,8-9,11-12,16H2,1-2H3,(H,25,27). The summed E-state index contributed by atoms with van der Waals surface area (Å²) in [5, 5.41) is 9.39. The molecule has 3 aromatic rings. The molecule has 4 heterocycles. The van der Waals surface area contributed by atoms with Crippen LogP contribution in [0.5, 0.6) is 0 Å². The molecule has 7 heteroatoms. The summed E-state index contributed by atoms with van der Waals surface area (Å²) >= 11 is 0. The minimum absolute atomic E-state index is 0.233. The largest absolute Gasteiger partial charge is 0.472 e. The monoisotopic (exact) mass is 419 g/mol. The molecule has 0 amide bonds. The zero-order valence-electron chi connectivity index (χ0n) is 18.1. The minimum atomic E-state index is -0.233. The number of pyridine rings is 1. The molecular weight excluding hydrogens is 390 g/mol. The second-order valence-corrected chi connectivity index (χ2v) is 8.19. The summed E-state index contributed by atoms with van der Waals surface area (Å²) in [6, 6.07) is 8.85. The molecule has 0 spiro atoms. The maximum atomic E-state index is 6.09. The Kier molecular flexibility index (Phi) is 5.51. The van der Waals surface area contributed by atoms with Crippen LogP contribution in [0.1, 0.15) is 42.7 Å². The van der Waals surface area contributed by atoms with Crippen LogP contribution in [0.2, 0.25) is 0 Å². The summed E-state index contributed by atoms with van der Waals surface area (Å²) in [4.78, 5) is 7.00. The zero-order valence-corrected chi connectivity index (χ0v) is 18.1. The number of fused-ring (bicyclic) bond motifs is 1. The topological polar surface area (TPSA) is 64.4 Å². The molecule has 0 radical (unpaired) electrons. The first kappa shape index (κ1) is 19.9. The van der Waals surface area contributed by atoms with Gasteiger partial charge in [-0.25, -0.2) is 9.67 Å². The SMILES string of the molecule is CCn1ncc2c(NC3CCOCC3)c(C3OC=CN3Cc3ccccc3C)cnc21. The van der Waals surface area contributed by atoms with Crippen molar-refractivity contribution < 1.29 is 9.47 Å². The third-order valence-electron chi connectivity index (χ3n) is 6.21. The highest BCUT2D eigenvalue weighted by Gasteiger charge is 2.29. The van der Waals surface area contributed by atoms with Crippen LogP contribution in [0.3, 0.4) is 0 Å². The van der Waals surface area contributed by atoms with Crippen LogP contribution in [0.25, 0.3) is 11.0 Å². The molecule has 7 nitrogen and oxygen atoms in total. The molecule has 1 fully saturated rings. The molecule has 2 aromatic heterocycles. The molecule has 2 aliphatic heterocycles. The molecule has 1 atom stereocenters. The summed E-state index contributed by atoms with van der Waals surface area (Å²) in [6.07, 6.45) is 9.41. The summed E-state index contributed by atoms with van der Waals surface area (Å²) in [5.74, 6) is 0. The Morgan fingerprint density at radius 2 is 2.00 bits per heavy atom. The van der Waals surface area contributed by atoms with Gasteiger partial charge in [0.1, 0.15) is 6.26 Å². The molecule has 0 bridgehead atoms. The average molecular weight is 420 g/mol. The van der Waals surface area contributed by atoms with Crippen molar-refractivity contribution >= 4 is 16.7 Å². The second kappa shape index (κ2) is 8.59. The predicted molar refractivity (Wildman–Crippen MR) is 120 cm³/mol. The maximum absolute atomic E-state index is 6.09. The Labute approximate surface area is 182 Å². The number of hydrogen-bond donors (Lipinski definition) is 1. The number of nitrogens with zero attached hydrogens (tertiary/aromatic N) is 4. The number of rotatable bonds is 6. The first-order valence-electron chi connectivity index (χ1n) is 11.1. The molecule has 5 rings (SSSR count). The van der Waals surface area contributed by atoms with Crippen LogP contribution in [0, 0.1) is 6.92 Å². The van der Waals surface area contributed by atoms with Gasteiger partial charge in [0.25, 0.3) is 0 Å². The van der Waals surface area contributed by atoms with Gasteiger partial charge in [0.15, 0.2) is 5.65 Å². The van der Waals surface area contributed by atoms with E-state index < -0.39 is 0 Å². The van der Waals surface area contributed by atoms with Crippen molar-refractivity contribution in [2.75, 3.05) is 18.5 Å². The number of nitrogens with one attached hydrogen (secondary N) is 1. The number of benzene rings is 1. The van der Waals surface area contributed by atoms with E-state index in [9.17, 15) is 0 Å². The van der Waals surface area contributed by atoms with Gasteiger partial charge < -0.3 is 19.7 Å². The third kappa shape index (κ3) is 3.85. The van der Waals surface area contributed by atoms with Crippen molar-refractivity contribution in [3.8, 4) is 0 Å². The molecule has 2 aliphatic rings. The first-order valence-corrected chi connectivity index (χ1v) is 11.1. The molecule has 1 N–H and O–H groups in total. The average Bonchev–Trinajstić information content (AvgIpc) is 3.43. The quantitative estimate of drug-likeness (QED) is 0.641. The van der Waals surface area contributed by atoms with E-state index >= 15 is 0 Å². The molecular formula is C24H29N5O2. The van der Waals surface area contributed by atoms with Crippen molar-refractivity contribution in [2.24, 2.45) is 0 Å². The van der Waals surface area contributed by atoms with Crippen molar-refractivity contribution in [3.63, 3.8) is 0 Å². The van der Waals surface area contributed by atoms with Crippen molar-refractivity contribution in [2.45, 2.75) is 52.0 Å². The lowest BCUT2D eigenvalue weighted by Crippen LogP contribution is -2.29. The number of anilines is 1. The van der Waals surface area contributed by atoms with Gasteiger partial charge in [-0.1, -0.05) is 24.3 Å². The molecule has 0 aliphatic carbocycles. The molecule has 1 aromatic carbocycles. The minimum Gasteiger partial charge on any atom is -0.472 e. The highest BCUT2D eigenvalue weighted by atomic mass is 16.5. The summed E-state index contributed by atoms with van der Waals surface area (Å²) < 4.78 is 13.6. The molecule has 1 unspecified atom stereocenters. The maximum Gasteiger partial charge on any atom is 0.201 e. The van der Waals surface area contributed by atoms with E-state index in [1.165, 1.54) is 11.1 Å². The summed E-state index contributed by atoms with van der Waals surface area (Å²) in [6.45, 7) is 7.37. The van der Waals surface area contributed by atoms with Crippen LogP contribution in [-0.4, -0.2) is 38.9 Å². The van der Waals surface area contributed by atoms with E-state index in [0.29, 0.717) is 6.04 Å². The van der Waals surface area contributed by atoms with Crippen LogP contribution in [-0.2, 0) is 22.6 Å². The van der Waals surface area contributed by atoms with Crippen LogP contribution in [0.15, 0.2) is 49.1 Å². The Bertz CT molecular complexity index is 1090. The lowest BCUT2D eigenvalue weighted by molar-refractivity contribution is 0.0524. The predicted octanol–water partition coefficient (Wildman–Crippen LogP) is 4.35. The second-order valence-electron chi connectivity index (χ2n) is 8.19. The van der Waals surface area contributed by atoms with Gasteiger partial charge in [0.05, 0.1) is 22.8 Å². The molecule has 1 saturated heterocycles. The van der Waals surface area contributed by atoms with Crippen LogP contribution < -0.4 is 5.32 Å². The third-order valence-corrected chi connectivity index (χ3v) is 6.21. The van der Waals surface area contributed by atoms with E-state index in [1.807, 2.05) is 23.3 Å². The highest BCUT2D eigenvalue weighted by molar-refractivity contribution is 5.91. The van der Waals surface area contributed by atoms with Gasteiger partial charge in [0, 0.05) is 44.7 Å². The van der Waals surface area contributed by atoms with Gasteiger partial charge in [-0.2, -0.15) is 5.10 Å². The van der Waals surface area contributed by atoms with E-state index in [0.717, 1.165) is 61.4 Å². The number of ether oxygens (including phenoxy) is 2. The fourth-order valence-corrected chi connectivity index (χ4v) is 4.38. The van der Waals surface area contributed by atoms with Gasteiger partial charge in [0.2, 0.25) is 6.23 Å². The van der Waals surface area contributed by atoms with E-state index in [4.69, 9.17) is 14.5 Å². The zero-order chi connectivity index (χ0) is 21.2. The first-order chi connectivity index (χ1) is 15.2. The fraction of sp³-hybridized carbons (Fsp3) is 0.417. The molecule has 162 valence electrons. The Hall–Kier alpha value is -3.06.